The van der Waals surface area contributed by atoms with Crippen LogP contribution in [0.25, 0.3) is 0 Å². The highest BCUT2D eigenvalue weighted by Crippen LogP contribution is 2.39. The van der Waals surface area contributed by atoms with E-state index in [1.165, 1.54) is 18.3 Å². The number of ether oxygens (including phenoxy) is 1. The van der Waals surface area contributed by atoms with Gasteiger partial charge in [0, 0.05) is 30.4 Å². The predicted octanol–water partition coefficient (Wildman–Crippen LogP) is 5.29. The van der Waals surface area contributed by atoms with Crippen molar-refractivity contribution >= 4 is 40.8 Å². The van der Waals surface area contributed by atoms with Gasteiger partial charge >= 0.3 is 6.18 Å². The lowest BCUT2D eigenvalue weighted by atomic mass is 9.96. The van der Waals surface area contributed by atoms with Crippen LogP contribution in [0.3, 0.4) is 0 Å². The number of carbonyl (C=O) groups excluding carboxylic acids is 2. The fourth-order valence-corrected chi connectivity index (χ4v) is 5.31. The number of piperidine rings is 1. The van der Waals surface area contributed by atoms with Crippen LogP contribution in [0.2, 0.25) is 10.0 Å². The minimum atomic E-state index is -4.50. The lowest BCUT2D eigenvalue weighted by molar-refractivity contribution is -0.135. The molecular weight excluding hydrogens is 551 g/mol. The lowest BCUT2D eigenvalue weighted by Crippen LogP contribution is -2.55. The maximum Gasteiger partial charge on any atom is 0.405 e. The molecule has 0 aliphatic carbocycles. The van der Waals surface area contributed by atoms with Crippen LogP contribution >= 0.6 is 23.2 Å². The highest BCUT2D eigenvalue weighted by molar-refractivity contribution is 6.35. The van der Waals surface area contributed by atoms with Crippen LogP contribution in [0.5, 0.6) is 5.75 Å². The first kappa shape index (κ1) is 28.2. The summed E-state index contributed by atoms with van der Waals surface area (Å²) in [6, 6.07) is 5.36. The number of hydrogen-bond donors (Lipinski definition) is 2. The third-order valence-electron chi connectivity index (χ3n) is 6.68. The number of aromatic nitrogens is 1. The van der Waals surface area contributed by atoms with Gasteiger partial charge in [0.05, 0.1) is 15.6 Å². The summed E-state index contributed by atoms with van der Waals surface area (Å²) >= 11 is 11.8. The SMILES string of the molecule is CC(C)(Oc1cc(F)c(Cl)cc1Cl)C(=O)N[C@H]1C[C@H]2CC[C@@H](C1)N2c1ccc(C(=O)NCC(F)(F)F)cn1. The fraction of sp³-hybridized carbons (Fsp3) is 0.480. The third-order valence-corrected chi connectivity index (χ3v) is 7.26. The quantitative estimate of drug-likeness (QED) is 0.345. The third kappa shape index (κ3) is 6.43. The van der Waals surface area contributed by atoms with Crippen LogP contribution in [0.15, 0.2) is 30.5 Å². The Labute approximate surface area is 226 Å². The molecule has 7 nitrogen and oxygen atoms in total. The molecule has 2 bridgehead atoms. The van der Waals surface area contributed by atoms with E-state index in [1.54, 1.807) is 19.9 Å². The van der Waals surface area contributed by atoms with E-state index < -0.39 is 30.0 Å². The van der Waals surface area contributed by atoms with Crippen molar-refractivity contribution in [3.8, 4) is 5.75 Å². The average Bonchev–Trinajstić information content (AvgIpc) is 3.10. The van der Waals surface area contributed by atoms with E-state index in [0.29, 0.717) is 18.7 Å². The summed E-state index contributed by atoms with van der Waals surface area (Å²) in [7, 11) is 0. The molecule has 13 heteroatoms. The van der Waals surface area contributed by atoms with Crippen molar-refractivity contribution < 1.29 is 31.9 Å². The van der Waals surface area contributed by atoms with Gasteiger partial charge in [0.1, 0.15) is 23.9 Å². The molecule has 2 fully saturated rings. The number of alkyl halides is 3. The second-order valence-electron chi connectivity index (χ2n) is 9.95. The smallest absolute Gasteiger partial charge is 0.405 e. The first-order valence-electron chi connectivity index (χ1n) is 12.0. The first-order valence-corrected chi connectivity index (χ1v) is 12.7. The van der Waals surface area contributed by atoms with Crippen molar-refractivity contribution in [1.82, 2.24) is 15.6 Å². The number of pyridine rings is 1. The number of anilines is 1. The van der Waals surface area contributed by atoms with Crippen molar-refractivity contribution in [3.63, 3.8) is 0 Å². The molecule has 206 valence electrons. The van der Waals surface area contributed by atoms with Crippen LogP contribution < -0.4 is 20.3 Å². The van der Waals surface area contributed by atoms with Gasteiger partial charge in [-0.2, -0.15) is 13.2 Å². The Bertz CT molecular complexity index is 1200. The number of benzene rings is 1. The summed E-state index contributed by atoms with van der Waals surface area (Å²) in [5.74, 6) is -1.31. The number of amides is 2. The molecule has 3 atom stereocenters. The van der Waals surface area contributed by atoms with Gasteiger partial charge in [-0.15, -0.1) is 0 Å². The zero-order valence-electron chi connectivity index (χ0n) is 20.5. The minimum absolute atomic E-state index is 0.00483. The molecule has 0 saturated carbocycles. The van der Waals surface area contributed by atoms with E-state index in [0.717, 1.165) is 18.9 Å². The van der Waals surface area contributed by atoms with Gasteiger partial charge in [-0.3, -0.25) is 9.59 Å². The van der Waals surface area contributed by atoms with Crippen LogP contribution in [-0.2, 0) is 4.79 Å². The van der Waals surface area contributed by atoms with E-state index in [9.17, 15) is 27.2 Å². The van der Waals surface area contributed by atoms with E-state index in [2.05, 4.69) is 15.2 Å². The highest BCUT2D eigenvalue weighted by atomic mass is 35.5. The molecule has 0 spiro atoms. The molecule has 2 N–H and O–H groups in total. The van der Waals surface area contributed by atoms with E-state index in [-0.39, 0.29) is 45.4 Å². The predicted molar refractivity (Wildman–Crippen MR) is 134 cm³/mol. The van der Waals surface area contributed by atoms with E-state index in [1.807, 2.05) is 5.32 Å². The van der Waals surface area contributed by atoms with Crippen LogP contribution in [-0.4, -0.2) is 53.2 Å². The summed E-state index contributed by atoms with van der Waals surface area (Å²) in [6.07, 6.45) is -0.185. The van der Waals surface area contributed by atoms with Crippen molar-refractivity contribution in [1.29, 1.82) is 0 Å². The Kier molecular flexibility index (Phi) is 7.99. The van der Waals surface area contributed by atoms with Gasteiger partial charge in [0.15, 0.2) is 5.60 Å². The number of halogens is 6. The summed E-state index contributed by atoms with van der Waals surface area (Å²) < 4.78 is 56.7. The van der Waals surface area contributed by atoms with Crippen LogP contribution in [0, 0.1) is 5.82 Å². The molecule has 4 rings (SSSR count). The largest absolute Gasteiger partial charge is 0.476 e. The molecule has 38 heavy (non-hydrogen) atoms. The zero-order chi connectivity index (χ0) is 27.8. The number of nitrogens with one attached hydrogen (secondary N) is 2. The second-order valence-corrected chi connectivity index (χ2v) is 10.8. The molecule has 3 heterocycles. The van der Waals surface area contributed by atoms with Crippen molar-refractivity contribution in [2.45, 2.75) is 69.4 Å². The second kappa shape index (κ2) is 10.8. The summed E-state index contributed by atoms with van der Waals surface area (Å²) in [6.45, 7) is 1.71. The van der Waals surface area contributed by atoms with Gasteiger partial charge in [-0.25, -0.2) is 9.37 Å². The summed E-state index contributed by atoms with van der Waals surface area (Å²) in [5.41, 5.74) is -1.31. The van der Waals surface area contributed by atoms with Crippen LogP contribution in [0.1, 0.15) is 49.9 Å². The maximum absolute atomic E-state index is 13.9. The Morgan fingerprint density at radius 1 is 1.11 bits per heavy atom. The topological polar surface area (TPSA) is 83.6 Å². The average molecular weight is 577 g/mol. The molecular formula is C25H26Cl2F4N4O3. The van der Waals surface area contributed by atoms with Gasteiger partial charge < -0.3 is 20.3 Å². The van der Waals surface area contributed by atoms with Gasteiger partial charge in [0.2, 0.25) is 0 Å². The number of fused-ring (bicyclic) bond motifs is 2. The van der Waals surface area contributed by atoms with Gasteiger partial charge in [-0.1, -0.05) is 23.2 Å². The number of nitrogens with zero attached hydrogens (tertiary/aromatic N) is 2. The molecule has 2 amide bonds. The van der Waals surface area contributed by atoms with E-state index in [4.69, 9.17) is 27.9 Å². The van der Waals surface area contributed by atoms with Crippen molar-refractivity contribution in [2.75, 3.05) is 11.4 Å². The van der Waals surface area contributed by atoms with Crippen molar-refractivity contribution in [2.24, 2.45) is 0 Å². The van der Waals surface area contributed by atoms with Gasteiger partial charge in [-0.05, 0) is 57.7 Å². The monoisotopic (exact) mass is 576 g/mol. The highest BCUT2D eigenvalue weighted by Gasteiger charge is 2.43. The minimum Gasteiger partial charge on any atom is -0.476 e. The Morgan fingerprint density at radius 2 is 1.76 bits per heavy atom. The molecule has 2 aromatic rings. The molecule has 1 aromatic heterocycles. The maximum atomic E-state index is 13.9. The van der Waals surface area contributed by atoms with Crippen LogP contribution in [0.4, 0.5) is 23.4 Å². The summed E-state index contributed by atoms with van der Waals surface area (Å²) in [5, 5.41) is 4.79. The van der Waals surface area contributed by atoms with Crippen molar-refractivity contribution in [3.05, 3.63) is 51.9 Å². The van der Waals surface area contributed by atoms with E-state index >= 15 is 0 Å². The molecule has 0 radical (unpaired) electrons. The molecule has 1 aromatic carbocycles. The molecule has 0 unspecified atom stereocenters. The Hall–Kier alpha value is -2.79. The number of hydrogen-bond acceptors (Lipinski definition) is 5. The summed E-state index contributed by atoms with van der Waals surface area (Å²) in [4.78, 5) is 31.5. The lowest BCUT2D eigenvalue weighted by Gasteiger charge is -2.40. The molecule has 2 aliphatic heterocycles. The number of rotatable bonds is 7. The fourth-order valence-electron chi connectivity index (χ4n) is 4.89. The Morgan fingerprint density at radius 3 is 2.34 bits per heavy atom. The number of carbonyl (C=O) groups is 2. The standard InChI is InChI=1S/C25H26Cl2F4N4O3/c1-24(2,38-20-10-19(28)17(26)9-18(20)27)23(37)34-14-7-15-4-5-16(8-14)35(15)21-6-3-13(11-32-21)22(36)33-12-25(29,30)31/h3,6,9-11,14-16H,4-5,7-8,12H2,1-2H3,(H,33,36)(H,34,37)/t14-,15+,16-. The first-order chi connectivity index (χ1) is 17.7. The molecule has 2 aliphatic rings. The van der Waals surface area contributed by atoms with Gasteiger partial charge in [0.25, 0.3) is 11.8 Å². The molecule has 2 saturated heterocycles. The normalized spacial score (nSPS) is 21.3. The zero-order valence-corrected chi connectivity index (χ0v) is 22.1. The Balaban J connectivity index is 1.36.